The summed E-state index contributed by atoms with van der Waals surface area (Å²) in [5.41, 5.74) is 2.25. The minimum atomic E-state index is -0.742. The topological polar surface area (TPSA) is 74.1 Å². The Morgan fingerprint density at radius 1 is 1.17 bits per heavy atom. The van der Waals surface area contributed by atoms with Crippen molar-refractivity contribution in [3.8, 4) is 5.75 Å². The molecule has 154 valence electrons. The molecule has 7 heteroatoms. The molecule has 0 fully saturated rings. The van der Waals surface area contributed by atoms with E-state index in [2.05, 4.69) is 10.1 Å². The van der Waals surface area contributed by atoms with Crippen LogP contribution in [0.3, 0.4) is 0 Å². The smallest absolute Gasteiger partial charge is 0.170 e. The summed E-state index contributed by atoms with van der Waals surface area (Å²) in [4.78, 5) is 29.7. The van der Waals surface area contributed by atoms with Crippen LogP contribution in [-0.2, 0) is 13.5 Å². The number of alkyl halides is 1. The molecule has 6 nitrogen and oxygen atoms in total. The molecule has 0 saturated carbocycles. The van der Waals surface area contributed by atoms with Gasteiger partial charge in [-0.25, -0.2) is 9.37 Å². The Morgan fingerprint density at radius 2 is 1.93 bits per heavy atom. The molecule has 0 N–H and O–H groups in total. The SMILES string of the molecule is CCC(=O)c1cc(C(=O)Cc2ncn(C)n2)cc2c1O[C@H](CF)[C@H]2c1ccccc1. The molecule has 0 saturated heterocycles. The van der Waals surface area contributed by atoms with E-state index in [4.69, 9.17) is 4.74 Å². The van der Waals surface area contributed by atoms with Gasteiger partial charge in [-0.15, -0.1) is 0 Å². The number of halogens is 1. The third-order valence-electron chi connectivity index (χ3n) is 5.31. The number of aromatic nitrogens is 3. The van der Waals surface area contributed by atoms with Gasteiger partial charge in [0.15, 0.2) is 17.4 Å². The van der Waals surface area contributed by atoms with Crippen LogP contribution in [0.25, 0.3) is 0 Å². The summed E-state index contributed by atoms with van der Waals surface area (Å²) in [5, 5.41) is 4.15. The van der Waals surface area contributed by atoms with Crippen molar-refractivity contribution in [3.63, 3.8) is 0 Å². The van der Waals surface area contributed by atoms with Gasteiger partial charge in [0.2, 0.25) is 0 Å². The number of benzene rings is 2. The van der Waals surface area contributed by atoms with Crippen LogP contribution in [0.1, 0.15) is 56.9 Å². The fraction of sp³-hybridized carbons (Fsp3) is 0.304. The molecule has 2 atom stereocenters. The van der Waals surface area contributed by atoms with Crippen molar-refractivity contribution in [2.75, 3.05) is 6.67 Å². The number of Topliss-reactive ketones (excluding diaryl/α,β-unsaturated/α-hetero) is 2. The molecule has 4 rings (SSSR count). The molecule has 0 amide bonds. The summed E-state index contributed by atoms with van der Waals surface area (Å²) in [7, 11) is 1.73. The first kappa shape index (κ1) is 19.9. The molecule has 1 aliphatic heterocycles. The lowest BCUT2D eigenvalue weighted by Crippen LogP contribution is -2.22. The van der Waals surface area contributed by atoms with Crippen LogP contribution in [0.5, 0.6) is 5.75 Å². The van der Waals surface area contributed by atoms with Gasteiger partial charge in [-0.2, -0.15) is 5.10 Å². The zero-order valence-corrected chi connectivity index (χ0v) is 16.8. The van der Waals surface area contributed by atoms with Gasteiger partial charge in [0, 0.05) is 24.6 Å². The zero-order valence-electron chi connectivity index (χ0n) is 16.8. The van der Waals surface area contributed by atoms with Gasteiger partial charge in [-0.1, -0.05) is 37.3 Å². The van der Waals surface area contributed by atoms with Gasteiger partial charge in [0.25, 0.3) is 0 Å². The predicted molar refractivity (Wildman–Crippen MR) is 109 cm³/mol. The molecule has 2 heterocycles. The van der Waals surface area contributed by atoms with Gasteiger partial charge in [-0.05, 0) is 17.7 Å². The van der Waals surface area contributed by atoms with E-state index in [-0.39, 0.29) is 24.4 Å². The van der Waals surface area contributed by atoms with Crippen LogP contribution in [0.15, 0.2) is 48.8 Å². The number of nitrogens with zero attached hydrogens (tertiary/aromatic N) is 3. The van der Waals surface area contributed by atoms with Crippen molar-refractivity contribution in [1.82, 2.24) is 14.8 Å². The van der Waals surface area contributed by atoms with E-state index in [1.54, 1.807) is 26.1 Å². The van der Waals surface area contributed by atoms with Crippen molar-refractivity contribution in [2.24, 2.45) is 7.05 Å². The number of carbonyl (C=O) groups is 2. The minimum Gasteiger partial charge on any atom is -0.486 e. The van der Waals surface area contributed by atoms with Crippen molar-refractivity contribution in [3.05, 3.63) is 76.9 Å². The summed E-state index contributed by atoms with van der Waals surface area (Å²) in [6.07, 6.45) is 1.06. The number of ether oxygens (including phenoxy) is 1. The second kappa shape index (κ2) is 8.18. The van der Waals surface area contributed by atoms with Crippen molar-refractivity contribution >= 4 is 11.6 Å². The lowest BCUT2D eigenvalue weighted by atomic mass is 9.85. The van der Waals surface area contributed by atoms with Gasteiger partial charge < -0.3 is 4.74 Å². The summed E-state index contributed by atoms with van der Waals surface area (Å²) in [5.74, 6) is 0.0397. The molecule has 0 bridgehead atoms. The van der Waals surface area contributed by atoms with Crippen molar-refractivity contribution in [1.29, 1.82) is 0 Å². The van der Waals surface area contributed by atoms with E-state index in [9.17, 15) is 14.0 Å². The van der Waals surface area contributed by atoms with E-state index in [1.165, 1.54) is 11.0 Å². The van der Waals surface area contributed by atoms with Gasteiger partial charge in [-0.3, -0.25) is 14.3 Å². The maximum absolute atomic E-state index is 13.9. The van der Waals surface area contributed by atoms with Crippen LogP contribution in [0.2, 0.25) is 0 Å². The normalized spacial score (nSPS) is 17.4. The molecule has 0 aliphatic carbocycles. The van der Waals surface area contributed by atoms with Crippen molar-refractivity contribution < 1.29 is 18.7 Å². The Labute approximate surface area is 173 Å². The molecular weight excluding hydrogens is 385 g/mol. The zero-order chi connectivity index (χ0) is 21.3. The van der Waals surface area contributed by atoms with Gasteiger partial charge in [0.05, 0.1) is 17.9 Å². The molecule has 0 unspecified atom stereocenters. The summed E-state index contributed by atoms with van der Waals surface area (Å²) >= 11 is 0. The highest BCUT2D eigenvalue weighted by molar-refractivity contribution is 6.04. The van der Waals surface area contributed by atoms with E-state index in [1.807, 2.05) is 30.3 Å². The first-order chi connectivity index (χ1) is 14.5. The number of fused-ring (bicyclic) bond motifs is 1. The highest BCUT2D eigenvalue weighted by atomic mass is 19.1. The van der Waals surface area contributed by atoms with Crippen LogP contribution >= 0.6 is 0 Å². The molecule has 0 spiro atoms. The second-order valence-corrected chi connectivity index (χ2v) is 7.35. The lowest BCUT2D eigenvalue weighted by Gasteiger charge is -2.16. The number of hydrogen-bond acceptors (Lipinski definition) is 5. The highest BCUT2D eigenvalue weighted by Crippen LogP contribution is 2.45. The summed E-state index contributed by atoms with van der Waals surface area (Å²) < 4.78 is 21.3. The Morgan fingerprint density at radius 3 is 2.57 bits per heavy atom. The Bertz CT molecular complexity index is 1090. The fourth-order valence-electron chi connectivity index (χ4n) is 3.88. The summed E-state index contributed by atoms with van der Waals surface area (Å²) in [6, 6.07) is 12.7. The Balaban J connectivity index is 1.81. The molecule has 30 heavy (non-hydrogen) atoms. The fourth-order valence-corrected chi connectivity index (χ4v) is 3.88. The van der Waals surface area contributed by atoms with Crippen LogP contribution in [-0.4, -0.2) is 39.1 Å². The average Bonchev–Trinajstić information content (AvgIpc) is 3.35. The van der Waals surface area contributed by atoms with E-state index < -0.39 is 18.7 Å². The monoisotopic (exact) mass is 407 g/mol. The first-order valence-corrected chi connectivity index (χ1v) is 9.88. The molecule has 1 aliphatic rings. The third kappa shape index (κ3) is 3.63. The minimum absolute atomic E-state index is 0.0166. The maximum atomic E-state index is 13.9. The lowest BCUT2D eigenvalue weighted by molar-refractivity contribution is 0.0980. The average molecular weight is 407 g/mol. The first-order valence-electron chi connectivity index (χ1n) is 9.88. The van der Waals surface area contributed by atoms with Gasteiger partial charge >= 0.3 is 0 Å². The van der Waals surface area contributed by atoms with E-state index >= 15 is 0 Å². The molecule has 2 aromatic carbocycles. The Kier molecular flexibility index (Phi) is 5.44. The molecule has 1 aromatic heterocycles. The Hall–Kier alpha value is -3.35. The van der Waals surface area contributed by atoms with Gasteiger partial charge in [0.1, 0.15) is 24.9 Å². The summed E-state index contributed by atoms with van der Waals surface area (Å²) in [6.45, 7) is 1.05. The second-order valence-electron chi connectivity index (χ2n) is 7.35. The van der Waals surface area contributed by atoms with Crippen LogP contribution in [0.4, 0.5) is 4.39 Å². The van der Waals surface area contributed by atoms with E-state index in [0.29, 0.717) is 28.3 Å². The van der Waals surface area contributed by atoms with Crippen molar-refractivity contribution in [2.45, 2.75) is 31.8 Å². The van der Waals surface area contributed by atoms with E-state index in [0.717, 1.165) is 5.56 Å². The number of rotatable bonds is 7. The molecule has 3 aromatic rings. The van der Waals surface area contributed by atoms with Crippen LogP contribution < -0.4 is 4.74 Å². The third-order valence-corrected chi connectivity index (χ3v) is 5.31. The molecular formula is C23H22FN3O3. The molecule has 0 radical (unpaired) electrons. The largest absolute Gasteiger partial charge is 0.486 e. The highest BCUT2D eigenvalue weighted by Gasteiger charge is 2.38. The number of ketones is 2. The quantitative estimate of drug-likeness (QED) is 0.559. The predicted octanol–water partition coefficient (Wildman–Crippen LogP) is 3.70. The number of aryl methyl sites for hydroxylation is 1. The van der Waals surface area contributed by atoms with Crippen LogP contribution in [0, 0.1) is 0 Å². The standard InChI is InChI=1S/C23H22FN3O3/c1-3-18(28)16-9-15(19(29)11-21-25-13-27(2)26-21)10-17-22(14-7-5-4-6-8-14)20(12-24)30-23(16)17/h4-10,13,20,22H,3,11-12H2,1-2H3/t20-,22+/m1/s1. The number of carbonyl (C=O) groups excluding carboxylic acids is 2. The maximum Gasteiger partial charge on any atom is 0.170 e. The number of hydrogen-bond donors (Lipinski definition) is 0.